The molecule has 0 fully saturated rings. The summed E-state index contributed by atoms with van der Waals surface area (Å²) in [6, 6.07) is 0. The smallest absolute Gasteiger partial charge is 0.332 e. The summed E-state index contributed by atoms with van der Waals surface area (Å²) >= 11 is 0. The number of aromatic nitrogens is 2. The van der Waals surface area contributed by atoms with Crippen molar-refractivity contribution in [1.82, 2.24) is 9.71 Å². The Kier molecular flexibility index (Phi) is 7.30. The van der Waals surface area contributed by atoms with E-state index < -0.39 is 0 Å². The van der Waals surface area contributed by atoms with E-state index in [4.69, 9.17) is 4.84 Å². The fraction of sp³-hybridized carbons (Fsp3) is 0.556. The van der Waals surface area contributed by atoms with Gasteiger partial charge in [-0.05, 0) is 6.42 Å². The molecular weight excluding hydrogens is 234 g/mol. The molecule has 0 unspecified atom stereocenters. The molecule has 0 aromatic carbocycles. The molecule has 1 rings (SSSR count). The van der Waals surface area contributed by atoms with Crippen LogP contribution in [0.15, 0.2) is 18.7 Å². The van der Waals surface area contributed by atoms with Crippen LogP contribution in [0, 0.1) is 0 Å². The molecule has 5 heteroatoms. The zero-order valence-corrected chi connectivity index (χ0v) is 11.4. The second-order valence-electron chi connectivity index (χ2n) is 2.84. The predicted octanol–water partition coefficient (Wildman–Crippen LogP) is 1.42. The van der Waals surface area contributed by atoms with Gasteiger partial charge in [0.05, 0.1) is 6.20 Å². The van der Waals surface area contributed by atoms with Crippen LogP contribution in [0.25, 0.3) is 0 Å². The quantitative estimate of drug-likeness (QED) is 0.584. The van der Waals surface area contributed by atoms with Crippen LogP contribution in [0.3, 0.4) is 0 Å². The van der Waals surface area contributed by atoms with Crippen LogP contribution in [0.2, 0.25) is 0 Å². The number of unbranched alkanes of at least 4 members (excludes halogenated alkanes) is 2. The molecule has 4 nitrogen and oxygen atoms in total. The number of hydrogen-bond donors (Lipinski definition) is 0. The second-order valence-corrected chi connectivity index (χ2v) is 2.84. The van der Waals surface area contributed by atoms with E-state index in [9.17, 15) is 4.79 Å². The molecule has 0 amide bonds. The Balaban J connectivity index is 0.00000169. The van der Waals surface area contributed by atoms with E-state index in [2.05, 4.69) is 11.9 Å². The summed E-state index contributed by atoms with van der Waals surface area (Å²) in [6.07, 6.45) is 8.17. The van der Waals surface area contributed by atoms with Crippen molar-refractivity contribution < 1.29 is 29.1 Å². The van der Waals surface area contributed by atoms with Crippen LogP contribution < -0.4 is 4.84 Å². The van der Waals surface area contributed by atoms with Crippen molar-refractivity contribution >= 4 is 5.97 Å². The zero-order chi connectivity index (χ0) is 9.52. The van der Waals surface area contributed by atoms with E-state index in [0.717, 1.165) is 19.3 Å². The SMILES string of the molecule is CCCCCC(=O)On1ccnc1.[Zn]. The fourth-order valence-electron chi connectivity index (χ4n) is 0.983. The Bertz CT molecular complexity index is 249. The molecule has 0 spiro atoms. The van der Waals surface area contributed by atoms with E-state index in [1.165, 1.54) is 11.1 Å². The number of rotatable bonds is 5. The number of imidazole rings is 1. The molecule has 0 aliphatic carbocycles. The standard InChI is InChI=1S/C9H14N2O2.Zn/c1-2-3-4-5-9(12)13-11-7-6-10-8-11;/h6-8H,2-5H2,1H3;. The number of carbonyl (C=O) groups is 1. The van der Waals surface area contributed by atoms with Crippen LogP contribution in [-0.2, 0) is 24.3 Å². The largest absolute Gasteiger partial charge is 0.336 e. The minimum Gasteiger partial charge on any atom is -0.336 e. The molecule has 0 saturated heterocycles. The van der Waals surface area contributed by atoms with Gasteiger partial charge in [-0.15, -0.1) is 0 Å². The molecule has 0 radical (unpaired) electrons. The summed E-state index contributed by atoms with van der Waals surface area (Å²) < 4.78 is 1.31. The molecule has 0 bridgehead atoms. The predicted molar refractivity (Wildman–Crippen MR) is 48.0 cm³/mol. The van der Waals surface area contributed by atoms with Crippen LogP contribution in [-0.4, -0.2) is 15.7 Å². The van der Waals surface area contributed by atoms with E-state index in [0.29, 0.717) is 6.42 Å². The second kappa shape index (κ2) is 7.68. The first kappa shape index (κ1) is 13.3. The van der Waals surface area contributed by atoms with Gasteiger partial charge in [0.2, 0.25) is 0 Å². The van der Waals surface area contributed by atoms with Crippen molar-refractivity contribution in [3.63, 3.8) is 0 Å². The third-order valence-corrected chi connectivity index (χ3v) is 1.67. The first-order valence-corrected chi connectivity index (χ1v) is 4.52. The molecule has 74 valence electrons. The van der Waals surface area contributed by atoms with Gasteiger partial charge in [0, 0.05) is 32.1 Å². The Morgan fingerprint density at radius 2 is 2.29 bits per heavy atom. The molecule has 0 aliphatic heterocycles. The van der Waals surface area contributed by atoms with Gasteiger partial charge in [0.25, 0.3) is 0 Å². The first-order chi connectivity index (χ1) is 6.33. The molecule has 0 saturated carbocycles. The summed E-state index contributed by atoms with van der Waals surface area (Å²) in [5, 5.41) is 0. The Morgan fingerprint density at radius 3 is 2.86 bits per heavy atom. The molecule has 0 N–H and O–H groups in total. The van der Waals surface area contributed by atoms with Crippen molar-refractivity contribution in [3.8, 4) is 0 Å². The van der Waals surface area contributed by atoms with Crippen LogP contribution in [0.4, 0.5) is 0 Å². The molecular formula is C9H14N2O2Zn. The van der Waals surface area contributed by atoms with Crippen molar-refractivity contribution in [2.75, 3.05) is 0 Å². The van der Waals surface area contributed by atoms with Crippen molar-refractivity contribution in [2.24, 2.45) is 0 Å². The van der Waals surface area contributed by atoms with Gasteiger partial charge in [0.1, 0.15) is 6.33 Å². The van der Waals surface area contributed by atoms with Gasteiger partial charge in [-0.25, -0.2) is 9.78 Å². The van der Waals surface area contributed by atoms with Crippen molar-refractivity contribution in [3.05, 3.63) is 18.7 Å². The van der Waals surface area contributed by atoms with Gasteiger partial charge in [-0.3, -0.25) is 0 Å². The van der Waals surface area contributed by atoms with Gasteiger partial charge in [-0.2, -0.15) is 4.73 Å². The summed E-state index contributed by atoms with van der Waals surface area (Å²) in [5.41, 5.74) is 0. The van der Waals surface area contributed by atoms with E-state index in [1.807, 2.05) is 0 Å². The monoisotopic (exact) mass is 246 g/mol. The summed E-state index contributed by atoms with van der Waals surface area (Å²) in [4.78, 5) is 19.8. The van der Waals surface area contributed by atoms with E-state index in [1.54, 1.807) is 12.4 Å². The van der Waals surface area contributed by atoms with Gasteiger partial charge >= 0.3 is 5.97 Å². The minimum absolute atomic E-state index is 0. The molecule has 0 atom stereocenters. The number of hydrogen-bond acceptors (Lipinski definition) is 3. The fourth-order valence-corrected chi connectivity index (χ4v) is 0.983. The average Bonchev–Trinajstić information content (AvgIpc) is 2.57. The van der Waals surface area contributed by atoms with Crippen molar-refractivity contribution in [2.45, 2.75) is 32.6 Å². The summed E-state index contributed by atoms with van der Waals surface area (Å²) in [7, 11) is 0. The van der Waals surface area contributed by atoms with Crippen molar-refractivity contribution in [1.29, 1.82) is 0 Å². The molecule has 1 aromatic rings. The maximum absolute atomic E-state index is 11.1. The Labute approximate surface area is 96.4 Å². The maximum atomic E-state index is 11.1. The minimum atomic E-state index is -0.202. The van der Waals surface area contributed by atoms with Crippen LogP contribution >= 0.6 is 0 Å². The third-order valence-electron chi connectivity index (χ3n) is 1.67. The molecule has 0 aliphatic rings. The van der Waals surface area contributed by atoms with Crippen LogP contribution in [0.5, 0.6) is 0 Å². The molecule has 1 aromatic heterocycles. The summed E-state index contributed by atoms with van der Waals surface area (Å²) in [5.74, 6) is -0.202. The van der Waals surface area contributed by atoms with E-state index in [-0.39, 0.29) is 25.4 Å². The van der Waals surface area contributed by atoms with E-state index >= 15 is 0 Å². The van der Waals surface area contributed by atoms with Gasteiger partial charge in [-0.1, -0.05) is 19.8 Å². The average molecular weight is 248 g/mol. The van der Waals surface area contributed by atoms with Gasteiger partial charge in [0.15, 0.2) is 0 Å². The maximum Gasteiger partial charge on any atom is 0.332 e. The Morgan fingerprint density at radius 1 is 1.50 bits per heavy atom. The zero-order valence-electron chi connectivity index (χ0n) is 8.48. The third kappa shape index (κ3) is 5.12. The van der Waals surface area contributed by atoms with Gasteiger partial charge < -0.3 is 4.84 Å². The molecule has 14 heavy (non-hydrogen) atoms. The number of carbonyl (C=O) groups excluding carboxylic acids is 1. The normalized spacial score (nSPS) is 9.21. The topological polar surface area (TPSA) is 44.1 Å². The molecule has 1 heterocycles. The number of nitrogens with zero attached hydrogens (tertiary/aromatic N) is 2. The first-order valence-electron chi connectivity index (χ1n) is 4.52. The van der Waals surface area contributed by atoms with Crippen LogP contribution in [0.1, 0.15) is 32.6 Å². The summed E-state index contributed by atoms with van der Waals surface area (Å²) in [6.45, 7) is 2.10. The Hall–Kier alpha value is -0.697.